The number of aromatic amines is 1. The van der Waals surface area contributed by atoms with Crippen LogP contribution in [0.4, 0.5) is 10.2 Å². The predicted octanol–water partition coefficient (Wildman–Crippen LogP) is 2.85. The second kappa shape index (κ2) is 5.88. The molecule has 28 heavy (non-hydrogen) atoms. The third-order valence-corrected chi connectivity index (χ3v) is 6.19. The minimum absolute atomic E-state index is 0.0165. The summed E-state index contributed by atoms with van der Waals surface area (Å²) in [5.74, 6) is 1.05. The molecule has 1 aliphatic carbocycles. The monoisotopic (exact) mass is 380 g/mol. The Labute approximate surface area is 161 Å². The first-order valence-corrected chi connectivity index (χ1v) is 9.84. The molecule has 2 N–H and O–H groups in total. The molecule has 6 rings (SSSR count). The highest BCUT2D eigenvalue weighted by Crippen LogP contribution is 2.42. The van der Waals surface area contributed by atoms with E-state index in [1.54, 1.807) is 6.07 Å². The maximum absolute atomic E-state index is 14.1. The quantitative estimate of drug-likeness (QED) is 0.624. The van der Waals surface area contributed by atoms with Crippen LogP contribution in [-0.4, -0.2) is 38.9 Å². The van der Waals surface area contributed by atoms with Gasteiger partial charge in [-0.05, 0) is 43.4 Å². The zero-order chi connectivity index (χ0) is 18.7. The van der Waals surface area contributed by atoms with Crippen molar-refractivity contribution in [2.75, 3.05) is 18.1 Å². The molecule has 2 fully saturated rings. The number of anilines is 1. The van der Waals surface area contributed by atoms with E-state index < -0.39 is 0 Å². The molecule has 7 nitrogen and oxygen atoms in total. The van der Waals surface area contributed by atoms with Gasteiger partial charge in [0, 0.05) is 24.8 Å². The summed E-state index contributed by atoms with van der Waals surface area (Å²) in [6.07, 6.45) is 7.17. The van der Waals surface area contributed by atoms with Gasteiger partial charge in [0.25, 0.3) is 0 Å². The minimum atomic E-state index is -0.339. The molecule has 5 heterocycles. The van der Waals surface area contributed by atoms with Gasteiger partial charge in [0.15, 0.2) is 11.5 Å². The number of fused-ring (bicyclic) bond motifs is 5. The molecule has 1 spiro atoms. The first-order chi connectivity index (χ1) is 13.7. The summed E-state index contributed by atoms with van der Waals surface area (Å²) in [5, 5.41) is 12.2. The largest absolute Gasteiger partial charge is 0.475 e. The highest BCUT2D eigenvalue weighted by molar-refractivity contribution is 5.88. The van der Waals surface area contributed by atoms with Crippen LogP contribution < -0.4 is 15.0 Å². The molecule has 144 valence electrons. The molecule has 0 radical (unpaired) electrons. The molecule has 2 bridgehead atoms. The third kappa shape index (κ3) is 2.55. The molecular formula is C20H21FN6O. The van der Waals surface area contributed by atoms with Gasteiger partial charge in [0.1, 0.15) is 12.4 Å². The van der Waals surface area contributed by atoms with E-state index in [0.29, 0.717) is 12.5 Å². The van der Waals surface area contributed by atoms with Crippen molar-refractivity contribution in [2.24, 2.45) is 0 Å². The average molecular weight is 380 g/mol. The highest BCUT2D eigenvalue weighted by atomic mass is 19.1. The van der Waals surface area contributed by atoms with Crippen LogP contribution in [0.15, 0.2) is 24.5 Å². The van der Waals surface area contributed by atoms with Crippen molar-refractivity contribution >= 4 is 16.9 Å². The van der Waals surface area contributed by atoms with Gasteiger partial charge in [-0.15, -0.1) is 0 Å². The number of aromatic nitrogens is 4. The molecular weight excluding hydrogens is 359 g/mol. The number of halogens is 1. The van der Waals surface area contributed by atoms with Crippen molar-refractivity contribution in [3.05, 3.63) is 41.5 Å². The molecule has 3 aromatic heterocycles. The number of H-pyrrole nitrogens is 1. The number of rotatable bonds is 0. The van der Waals surface area contributed by atoms with Gasteiger partial charge >= 0.3 is 0 Å². The highest BCUT2D eigenvalue weighted by Gasteiger charge is 2.44. The van der Waals surface area contributed by atoms with Crippen LogP contribution >= 0.6 is 0 Å². The first kappa shape index (κ1) is 16.2. The summed E-state index contributed by atoms with van der Waals surface area (Å²) in [4.78, 5) is 11.1. The van der Waals surface area contributed by atoms with E-state index in [2.05, 4.69) is 36.4 Å². The zero-order valence-electron chi connectivity index (χ0n) is 15.4. The molecule has 0 unspecified atom stereocenters. The fraction of sp³-hybridized carbons (Fsp3) is 0.450. The van der Waals surface area contributed by atoms with Crippen LogP contribution in [0.3, 0.4) is 0 Å². The lowest BCUT2D eigenvalue weighted by molar-refractivity contribution is 0.239. The van der Waals surface area contributed by atoms with Crippen molar-refractivity contribution in [1.82, 2.24) is 25.5 Å². The lowest BCUT2D eigenvalue weighted by atomic mass is 10.1. The SMILES string of the molecule is Fc1cnc2c(c1)[C@H]1CCCN1c1n[nH]c3ncc(cc13)CNC1(CC1)CO2. The van der Waals surface area contributed by atoms with Crippen LogP contribution in [0.2, 0.25) is 0 Å². The summed E-state index contributed by atoms with van der Waals surface area (Å²) in [6.45, 7) is 2.11. The standard InChI is InChI=1S/C20H21FN6O/c21-13-7-14-16-2-1-5-27(16)18-15-6-12(8-22-17(15)25-26-18)9-24-20(3-4-20)11-28-19(14)23-10-13/h6-8,10,16,24H,1-5,9,11H2,(H,22,25,26)/t16-/m1/s1. The molecule has 1 saturated carbocycles. The minimum Gasteiger partial charge on any atom is -0.475 e. The Hall–Kier alpha value is -2.74. The topological polar surface area (TPSA) is 79.0 Å². The smallest absolute Gasteiger partial charge is 0.218 e. The molecule has 0 amide bonds. The van der Waals surface area contributed by atoms with Crippen LogP contribution in [0.1, 0.15) is 42.9 Å². The fourth-order valence-corrected chi connectivity index (χ4v) is 4.41. The van der Waals surface area contributed by atoms with E-state index in [1.807, 2.05) is 6.20 Å². The Kier molecular flexibility index (Phi) is 3.41. The van der Waals surface area contributed by atoms with Gasteiger partial charge in [0.2, 0.25) is 5.88 Å². The van der Waals surface area contributed by atoms with Crippen molar-refractivity contribution in [3.63, 3.8) is 0 Å². The second-order valence-corrected chi connectivity index (χ2v) is 8.11. The van der Waals surface area contributed by atoms with Gasteiger partial charge in [0.05, 0.1) is 23.2 Å². The van der Waals surface area contributed by atoms with Gasteiger partial charge in [-0.3, -0.25) is 5.10 Å². The van der Waals surface area contributed by atoms with Gasteiger partial charge in [-0.1, -0.05) is 0 Å². The van der Waals surface area contributed by atoms with Gasteiger partial charge < -0.3 is 15.0 Å². The molecule has 3 aromatic rings. The maximum atomic E-state index is 14.1. The summed E-state index contributed by atoms with van der Waals surface area (Å²) in [5.41, 5.74) is 2.66. The molecule has 3 aliphatic rings. The van der Waals surface area contributed by atoms with Crippen molar-refractivity contribution in [2.45, 2.75) is 43.8 Å². The lowest BCUT2D eigenvalue weighted by Crippen LogP contribution is -2.36. The lowest BCUT2D eigenvalue weighted by Gasteiger charge is -2.26. The maximum Gasteiger partial charge on any atom is 0.218 e. The number of nitrogens with one attached hydrogen (secondary N) is 2. The Morgan fingerprint density at radius 1 is 1.21 bits per heavy atom. The van der Waals surface area contributed by atoms with Gasteiger partial charge in [-0.25, -0.2) is 14.4 Å². The number of nitrogens with zero attached hydrogens (tertiary/aromatic N) is 4. The number of pyridine rings is 2. The Morgan fingerprint density at radius 3 is 3.04 bits per heavy atom. The first-order valence-electron chi connectivity index (χ1n) is 9.84. The van der Waals surface area contributed by atoms with Crippen LogP contribution in [0, 0.1) is 5.82 Å². The van der Waals surface area contributed by atoms with E-state index >= 15 is 0 Å². The Balaban J connectivity index is 1.52. The number of hydrogen-bond donors (Lipinski definition) is 2. The molecule has 0 aromatic carbocycles. The van der Waals surface area contributed by atoms with Crippen LogP contribution in [0.25, 0.3) is 11.0 Å². The summed E-state index contributed by atoms with van der Waals surface area (Å²) in [7, 11) is 0. The van der Waals surface area contributed by atoms with E-state index in [9.17, 15) is 4.39 Å². The number of hydrogen-bond acceptors (Lipinski definition) is 6. The molecule has 2 aliphatic heterocycles. The second-order valence-electron chi connectivity index (χ2n) is 8.11. The summed E-state index contributed by atoms with van der Waals surface area (Å²) >= 11 is 0. The fourth-order valence-electron chi connectivity index (χ4n) is 4.41. The van der Waals surface area contributed by atoms with Crippen LogP contribution in [-0.2, 0) is 6.54 Å². The van der Waals surface area contributed by atoms with Crippen molar-refractivity contribution < 1.29 is 9.13 Å². The zero-order valence-corrected chi connectivity index (χ0v) is 15.4. The Morgan fingerprint density at radius 2 is 2.14 bits per heavy atom. The normalized spacial score (nSPS) is 22.9. The predicted molar refractivity (Wildman–Crippen MR) is 102 cm³/mol. The Bertz CT molecular complexity index is 1060. The van der Waals surface area contributed by atoms with Gasteiger partial charge in [-0.2, -0.15) is 5.10 Å². The summed E-state index contributed by atoms with van der Waals surface area (Å²) in [6, 6.07) is 3.71. The van der Waals surface area contributed by atoms with Crippen molar-refractivity contribution in [3.8, 4) is 5.88 Å². The number of ether oxygens (including phenoxy) is 1. The molecule has 8 heteroatoms. The van der Waals surface area contributed by atoms with Crippen molar-refractivity contribution in [1.29, 1.82) is 0 Å². The summed E-state index contributed by atoms with van der Waals surface area (Å²) < 4.78 is 20.2. The molecule has 1 atom stereocenters. The van der Waals surface area contributed by atoms with E-state index in [0.717, 1.165) is 66.8 Å². The third-order valence-electron chi connectivity index (χ3n) is 6.19. The molecule has 1 saturated heterocycles. The average Bonchev–Trinajstić information content (AvgIpc) is 3.11. The van der Waals surface area contributed by atoms with Crippen LogP contribution in [0.5, 0.6) is 5.88 Å². The van der Waals surface area contributed by atoms with E-state index in [-0.39, 0.29) is 17.4 Å². The van der Waals surface area contributed by atoms with E-state index in [1.165, 1.54) is 6.20 Å². The van der Waals surface area contributed by atoms with E-state index in [4.69, 9.17) is 4.74 Å².